The van der Waals surface area contributed by atoms with Crippen molar-refractivity contribution in [2.45, 2.75) is 13.5 Å². The molecule has 7 nitrogen and oxygen atoms in total. The maximum absolute atomic E-state index is 14.0. The van der Waals surface area contributed by atoms with Crippen molar-refractivity contribution in [3.05, 3.63) is 51.0 Å². The van der Waals surface area contributed by atoms with E-state index in [1.165, 1.54) is 7.05 Å². The first-order chi connectivity index (χ1) is 11.0. The molecule has 3 aromatic rings. The Kier molecular flexibility index (Phi) is 3.39. The van der Waals surface area contributed by atoms with Gasteiger partial charge in [-0.15, -0.1) is 4.68 Å². The summed E-state index contributed by atoms with van der Waals surface area (Å²) in [6.45, 7) is 1.68. The minimum absolute atomic E-state index is 0.0698. The molecule has 0 amide bonds. The van der Waals surface area contributed by atoms with Crippen LogP contribution in [0.2, 0.25) is 0 Å². The van der Waals surface area contributed by atoms with Crippen LogP contribution in [0.25, 0.3) is 5.82 Å². The summed E-state index contributed by atoms with van der Waals surface area (Å²) >= 11 is 0.622. The van der Waals surface area contributed by atoms with E-state index in [1.54, 1.807) is 25.1 Å². The van der Waals surface area contributed by atoms with E-state index in [1.807, 2.05) is 0 Å². The summed E-state index contributed by atoms with van der Waals surface area (Å²) in [4.78, 5) is 11.9. The quantitative estimate of drug-likeness (QED) is 0.726. The Bertz CT molecular complexity index is 919. The first-order valence-corrected chi connectivity index (χ1v) is 7.08. The van der Waals surface area contributed by atoms with Gasteiger partial charge in [0.2, 0.25) is 5.13 Å². The number of tetrazole rings is 1. The second kappa shape index (κ2) is 5.68. The number of halogens is 1. The van der Waals surface area contributed by atoms with Crippen molar-refractivity contribution in [2.24, 2.45) is 7.05 Å². The van der Waals surface area contributed by atoms with E-state index in [-0.39, 0.29) is 18.0 Å². The predicted molar refractivity (Wildman–Crippen MR) is 77.7 cm³/mol. The molecule has 0 spiro atoms. The molecule has 1 aromatic carbocycles. The van der Waals surface area contributed by atoms with Crippen molar-refractivity contribution in [1.82, 2.24) is 24.2 Å². The van der Waals surface area contributed by atoms with Gasteiger partial charge in [-0.25, -0.2) is 4.79 Å². The van der Waals surface area contributed by atoms with E-state index in [2.05, 4.69) is 14.8 Å². The Labute approximate surface area is 130 Å². The fraction of sp³-hybridized carbons (Fsp3) is 0.231. The molecule has 0 bridgehead atoms. The highest BCUT2D eigenvalue weighted by atomic mass is 32.1. The van der Waals surface area contributed by atoms with Gasteiger partial charge in [-0.3, -0.25) is 0 Å². The van der Waals surface area contributed by atoms with Gasteiger partial charge in [0, 0.05) is 7.05 Å². The second-order valence-electron chi connectivity index (χ2n) is 4.54. The van der Waals surface area contributed by atoms with Gasteiger partial charge in [-0.1, -0.05) is 18.2 Å². The molecular formula is C13H12FN5O2S. The summed E-state index contributed by atoms with van der Waals surface area (Å²) in [5.74, 6) is 0.601. The third-order valence-corrected chi connectivity index (χ3v) is 3.70. The standard InChI is InChI=1S/C13H12FN5O2S/c1-8-5-3-4-6-10(8)21-7-9-11(14)22-15-12(9)19-13(20)18(2)16-17-19/h3-6H,7H2,1-2H3/i3T. The Morgan fingerprint density at radius 1 is 1.45 bits per heavy atom. The molecule has 0 N–H and O–H groups in total. The average molecular weight is 323 g/mol. The summed E-state index contributed by atoms with van der Waals surface area (Å²) in [5, 5.41) is 6.69. The van der Waals surface area contributed by atoms with E-state index >= 15 is 0 Å². The molecule has 0 saturated carbocycles. The zero-order valence-electron chi connectivity index (χ0n) is 12.8. The molecule has 0 radical (unpaired) electrons. The lowest BCUT2D eigenvalue weighted by Gasteiger charge is -2.08. The topological polar surface area (TPSA) is 74.8 Å². The smallest absolute Gasteiger partial charge is 0.369 e. The average Bonchev–Trinajstić information content (AvgIpc) is 3.02. The molecule has 2 heterocycles. The number of hydrogen-bond donors (Lipinski definition) is 0. The van der Waals surface area contributed by atoms with Crippen LogP contribution in [0.15, 0.2) is 29.0 Å². The molecular weight excluding hydrogens is 309 g/mol. The van der Waals surface area contributed by atoms with Crippen LogP contribution in [0, 0.1) is 12.1 Å². The highest BCUT2D eigenvalue weighted by molar-refractivity contribution is 7.04. The van der Waals surface area contributed by atoms with E-state index in [0.717, 1.165) is 14.9 Å². The van der Waals surface area contributed by atoms with E-state index in [0.29, 0.717) is 23.3 Å². The molecule has 0 aliphatic heterocycles. The number of ether oxygens (including phenoxy) is 1. The molecule has 0 aliphatic carbocycles. The highest BCUT2D eigenvalue weighted by Crippen LogP contribution is 2.23. The van der Waals surface area contributed by atoms with Crippen LogP contribution in [-0.2, 0) is 13.7 Å². The van der Waals surface area contributed by atoms with Crippen LogP contribution in [0.4, 0.5) is 4.39 Å². The van der Waals surface area contributed by atoms with Crippen LogP contribution < -0.4 is 10.4 Å². The Morgan fingerprint density at radius 3 is 2.95 bits per heavy atom. The Hall–Kier alpha value is -2.55. The number of para-hydroxylation sites is 1. The fourth-order valence-electron chi connectivity index (χ4n) is 1.83. The molecule has 0 unspecified atom stereocenters. The first-order valence-electron chi connectivity index (χ1n) is 6.81. The van der Waals surface area contributed by atoms with Crippen LogP contribution in [0.5, 0.6) is 5.75 Å². The monoisotopic (exact) mass is 323 g/mol. The normalized spacial score (nSPS) is 11.5. The number of aromatic nitrogens is 5. The fourth-order valence-corrected chi connectivity index (χ4v) is 2.44. The minimum Gasteiger partial charge on any atom is -0.488 e. The lowest BCUT2D eigenvalue weighted by Crippen LogP contribution is -2.23. The van der Waals surface area contributed by atoms with Gasteiger partial charge in [-0.2, -0.15) is 13.4 Å². The number of rotatable bonds is 4. The Morgan fingerprint density at radius 2 is 2.27 bits per heavy atom. The number of hydrogen-bond acceptors (Lipinski definition) is 6. The zero-order chi connectivity index (χ0) is 16.6. The van der Waals surface area contributed by atoms with Crippen molar-refractivity contribution < 1.29 is 10.5 Å². The predicted octanol–water partition coefficient (Wildman–Crippen LogP) is 1.45. The van der Waals surface area contributed by atoms with E-state index < -0.39 is 10.8 Å². The SMILES string of the molecule is [3H]c1ccc(OCc2c(-n3nnn(C)c3=O)nsc2F)c(C)c1. The summed E-state index contributed by atoms with van der Waals surface area (Å²) in [7, 11) is 1.44. The number of aryl methyl sites for hydroxylation is 2. The summed E-state index contributed by atoms with van der Waals surface area (Å²) < 4.78 is 33.0. The van der Waals surface area contributed by atoms with E-state index in [4.69, 9.17) is 6.11 Å². The summed E-state index contributed by atoms with van der Waals surface area (Å²) in [5.41, 5.74) is 0.373. The van der Waals surface area contributed by atoms with Crippen molar-refractivity contribution in [2.75, 3.05) is 0 Å². The van der Waals surface area contributed by atoms with Gasteiger partial charge < -0.3 is 4.74 Å². The maximum atomic E-state index is 14.0. The van der Waals surface area contributed by atoms with Crippen LogP contribution >= 0.6 is 11.5 Å². The van der Waals surface area contributed by atoms with E-state index in [9.17, 15) is 9.18 Å². The third kappa shape index (κ3) is 2.50. The third-order valence-electron chi connectivity index (χ3n) is 3.03. The highest BCUT2D eigenvalue weighted by Gasteiger charge is 2.20. The lowest BCUT2D eigenvalue weighted by atomic mass is 10.2. The van der Waals surface area contributed by atoms with Gasteiger partial charge in [0.15, 0.2) is 5.82 Å². The molecule has 0 saturated heterocycles. The molecule has 114 valence electrons. The summed E-state index contributed by atoms with van der Waals surface area (Å²) in [6, 6.07) is 5.23. The van der Waals surface area contributed by atoms with Gasteiger partial charge in [0.05, 0.1) is 6.93 Å². The van der Waals surface area contributed by atoms with Crippen LogP contribution in [0.3, 0.4) is 0 Å². The molecule has 0 atom stereocenters. The largest absolute Gasteiger partial charge is 0.488 e. The number of benzene rings is 1. The van der Waals surface area contributed by atoms with Crippen molar-refractivity contribution in [3.8, 4) is 11.6 Å². The van der Waals surface area contributed by atoms with Gasteiger partial charge in [0.1, 0.15) is 12.4 Å². The van der Waals surface area contributed by atoms with Crippen LogP contribution in [0.1, 0.15) is 12.5 Å². The van der Waals surface area contributed by atoms with Gasteiger partial charge in [0.25, 0.3) is 0 Å². The minimum atomic E-state index is -0.549. The van der Waals surface area contributed by atoms with Crippen molar-refractivity contribution in [3.63, 3.8) is 0 Å². The molecule has 22 heavy (non-hydrogen) atoms. The molecule has 3 rings (SSSR count). The van der Waals surface area contributed by atoms with Gasteiger partial charge in [-0.05, 0) is 40.5 Å². The van der Waals surface area contributed by atoms with Gasteiger partial charge >= 0.3 is 5.69 Å². The second-order valence-corrected chi connectivity index (χ2v) is 5.26. The van der Waals surface area contributed by atoms with Crippen molar-refractivity contribution >= 4 is 11.5 Å². The van der Waals surface area contributed by atoms with Crippen LogP contribution in [-0.4, -0.2) is 24.2 Å². The van der Waals surface area contributed by atoms with Crippen molar-refractivity contribution in [1.29, 1.82) is 0 Å². The maximum Gasteiger partial charge on any atom is 0.369 e. The lowest BCUT2D eigenvalue weighted by molar-refractivity contribution is 0.298. The first kappa shape index (κ1) is 13.1. The molecule has 0 fully saturated rings. The molecule has 2 aromatic heterocycles. The zero-order valence-corrected chi connectivity index (χ0v) is 12.6. The number of nitrogens with zero attached hydrogens (tertiary/aromatic N) is 5. The summed E-state index contributed by atoms with van der Waals surface area (Å²) in [6.07, 6.45) is 0. The Balaban J connectivity index is 1.90. The molecule has 9 heteroatoms. The molecule has 0 aliphatic rings.